The van der Waals surface area contributed by atoms with Crippen LogP contribution in [0, 0.1) is 11.8 Å². The van der Waals surface area contributed by atoms with E-state index in [0.717, 1.165) is 18.4 Å². The van der Waals surface area contributed by atoms with Gasteiger partial charge in [0.25, 0.3) is 0 Å². The molecule has 4 heterocycles. The van der Waals surface area contributed by atoms with Gasteiger partial charge in [-0.1, -0.05) is 97.8 Å². The Morgan fingerprint density at radius 3 is 2.42 bits per heavy atom. The van der Waals surface area contributed by atoms with Gasteiger partial charge < -0.3 is 34.4 Å². The van der Waals surface area contributed by atoms with Crippen LogP contribution in [0.3, 0.4) is 0 Å². The lowest BCUT2D eigenvalue weighted by Crippen LogP contribution is -2.55. The Hall–Kier alpha value is -4.32. The summed E-state index contributed by atoms with van der Waals surface area (Å²) in [6.07, 6.45) is 8.90. The molecule has 7 atom stereocenters. The molecule has 0 unspecified atom stereocenters. The van der Waals surface area contributed by atoms with E-state index in [4.69, 9.17) is 14.2 Å². The summed E-state index contributed by atoms with van der Waals surface area (Å²) >= 11 is 0. The molecule has 11 heteroatoms. The Labute approximate surface area is 293 Å². The standard InChI is InChI=1S/C39H47N3O8/c1-48-26-29-34(28-17-8-5-9-18-28)49-38(47)32-30(19-10-11-20-31(44)40-29)50-39-21-14-22-41(25-27-15-6-4-7-16-27)37(46)35(39)42(36(45)33(32)39)23-12-2-3-13-24-43/h4-10,14-19,21,29-30,32-35,43H,2-3,11-13,20,22-26H2,1H3,(H,40,44)/b19-10-/t29-,30-,32+,33+,34-,35-,39+/m0/s1. The molecular weight excluding hydrogens is 638 g/mol. The van der Waals surface area contributed by atoms with Crippen LogP contribution in [0.15, 0.2) is 85.0 Å². The van der Waals surface area contributed by atoms with Crippen LogP contribution in [0.1, 0.15) is 55.8 Å². The summed E-state index contributed by atoms with van der Waals surface area (Å²) < 4.78 is 18.6. The van der Waals surface area contributed by atoms with E-state index in [1.165, 1.54) is 7.11 Å². The number of ether oxygens (including phenoxy) is 3. The van der Waals surface area contributed by atoms with E-state index in [1.54, 1.807) is 22.0 Å². The molecule has 2 aromatic carbocycles. The van der Waals surface area contributed by atoms with Gasteiger partial charge in [-0.2, -0.15) is 0 Å². The van der Waals surface area contributed by atoms with Crippen LogP contribution in [0.2, 0.25) is 0 Å². The molecule has 266 valence electrons. The van der Waals surface area contributed by atoms with Crippen molar-refractivity contribution in [3.63, 3.8) is 0 Å². The first-order valence-corrected chi connectivity index (χ1v) is 17.7. The van der Waals surface area contributed by atoms with Gasteiger partial charge in [-0.15, -0.1) is 0 Å². The van der Waals surface area contributed by atoms with Gasteiger partial charge in [-0.05, 0) is 30.4 Å². The van der Waals surface area contributed by atoms with Gasteiger partial charge in [-0.25, -0.2) is 0 Å². The minimum Gasteiger partial charge on any atom is -0.455 e. The maximum atomic E-state index is 14.7. The Bertz CT molecular complexity index is 1570. The summed E-state index contributed by atoms with van der Waals surface area (Å²) in [5, 5.41) is 12.3. The summed E-state index contributed by atoms with van der Waals surface area (Å²) in [6.45, 7) is 1.17. The van der Waals surface area contributed by atoms with Crippen molar-refractivity contribution in [2.45, 2.75) is 75.0 Å². The average Bonchev–Trinajstić information content (AvgIpc) is 3.51. The fourth-order valence-corrected chi connectivity index (χ4v) is 7.87. The molecule has 0 aliphatic carbocycles. The molecule has 0 aromatic heterocycles. The fraction of sp³-hybridized carbons (Fsp3) is 0.487. The molecule has 4 aliphatic heterocycles. The number of likely N-dealkylation sites (tertiary alicyclic amines) is 1. The van der Waals surface area contributed by atoms with Crippen LogP contribution < -0.4 is 5.32 Å². The first-order valence-electron chi connectivity index (χ1n) is 17.7. The van der Waals surface area contributed by atoms with Crippen molar-refractivity contribution in [3.8, 4) is 0 Å². The lowest BCUT2D eigenvalue weighted by atomic mass is 9.77. The first kappa shape index (κ1) is 35.5. The van der Waals surface area contributed by atoms with Crippen molar-refractivity contribution in [2.24, 2.45) is 11.8 Å². The van der Waals surface area contributed by atoms with Gasteiger partial charge in [0.05, 0.1) is 24.7 Å². The van der Waals surface area contributed by atoms with Gasteiger partial charge >= 0.3 is 5.97 Å². The van der Waals surface area contributed by atoms with E-state index in [-0.39, 0.29) is 37.4 Å². The third kappa shape index (κ3) is 7.26. The van der Waals surface area contributed by atoms with E-state index >= 15 is 0 Å². The molecule has 1 spiro atoms. The average molecular weight is 686 g/mol. The third-order valence-corrected chi connectivity index (χ3v) is 10.2. The van der Waals surface area contributed by atoms with Crippen LogP contribution in [0.5, 0.6) is 0 Å². The molecule has 2 N–H and O–H groups in total. The van der Waals surface area contributed by atoms with Crippen LogP contribution in [0.25, 0.3) is 0 Å². The molecule has 0 bridgehead atoms. The number of benzene rings is 2. The van der Waals surface area contributed by atoms with Crippen LogP contribution in [-0.4, -0.2) is 95.8 Å². The number of carbonyl (C=O) groups is 4. The molecular formula is C39H47N3O8. The van der Waals surface area contributed by atoms with Crippen molar-refractivity contribution in [3.05, 3.63) is 96.1 Å². The number of unbranched alkanes of at least 4 members (excludes halogenated alkanes) is 3. The van der Waals surface area contributed by atoms with Gasteiger partial charge in [0.15, 0.2) is 0 Å². The van der Waals surface area contributed by atoms with E-state index < -0.39 is 47.7 Å². The molecule has 11 nitrogen and oxygen atoms in total. The lowest BCUT2D eigenvalue weighted by molar-refractivity contribution is -0.162. The lowest BCUT2D eigenvalue weighted by Gasteiger charge is -2.35. The Balaban J connectivity index is 1.39. The number of methoxy groups -OCH3 is 1. The van der Waals surface area contributed by atoms with Gasteiger partial charge in [-0.3, -0.25) is 19.2 Å². The number of aliphatic hydroxyl groups excluding tert-OH is 1. The number of allylic oxidation sites excluding steroid dienone is 1. The zero-order chi connectivity index (χ0) is 35.1. The monoisotopic (exact) mass is 685 g/mol. The smallest absolute Gasteiger partial charge is 0.313 e. The highest BCUT2D eigenvalue weighted by Crippen LogP contribution is 2.53. The molecule has 3 amide bonds. The fourth-order valence-electron chi connectivity index (χ4n) is 7.87. The number of rotatable bonds is 11. The third-order valence-electron chi connectivity index (χ3n) is 10.2. The van der Waals surface area contributed by atoms with Crippen molar-refractivity contribution in [1.29, 1.82) is 0 Å². The minimum absolute atomic E-state index is 0.0892. The van der Waals surface area contributed by atoms with Gasteiger partial charge in [0.2, 0.25) is 17.7 Å². The number of fused-ring (bicyclic) bond motifs is 2. The number of hydrogen-bond acceptors (Lipinski definition) is 8. The van der Waals surface area contributed by atoms with Crippen molar-refractivity contribution in [1.82, 2.24) is 15.1 Å². The maximum absolute atomic E-state index is 14.7. The summed E-state index contributed by atoms with van der Waals surface area (Å²) in [6, 6.07) is 17.2. The number of carbonyl (C=O) groups excluding carboxylic acids is 4. The SMILES string of the molecule is COC[C@@H]1NC(=O)CC/C=C\[C@@H]2O[C@@]34C=CCN(Cc5ccccc5)C(=O)[C@@H]3N(CCCCCCO)C(=O)[C@H]4[C@@H]2C(=O)O[C@H]1c1ccccc1. The second-order valence-corrected chi connectivity index (χ2v) is 13.5. The van der Waals surface area contributed by atoms with Crippen molar-refractivity contribution >= 4 is 23.7 Å². The normalized spacial score (nSPS) is 30.4. The summed E-state index contributed by atoms with van der Waals surface area (Å²) in [5.74, 6) is -3.48. The maximum Gasteiger partial charge on any atom is 0.313 e. The highest BCUT2D eigenvalue weighted by Gasteiger charge is 2.71. The number of hydrogen-bond donors (Lipinski definition) is 2. The Morgan fingerprint density at radius 1 is 0.940 bits per heavy atom. The minimum atomic E-state index is -1.41. The molecule has 4 aliphatic rings. The van der Waals surface area contributed by atoms with E-state index in [1.807, 2.05) is 72.8 Å². The van der Waals surface area contributed by atoms with Crippen LogP contribution in [-0.2, 0) is 39.9 Å². The molecule has 2 saturated heterocycles. The molecule has 0 saturated carbocycles. The molecule has 6 rings (SSSR count). The quantitative estimate of drug-likeness (QED) is 0.209. The number of aliphatic hydroxyl groups is 1. The van der Waals surface area contributed by atoms with Crippen molar-refractivity contribution < 1.29 is 38.5 Å². The molecule has 2 aromatic rings. The first-order chi connectivity index (χ1) is 24.4. The Morgan fingerprint density at radius 2 is 1.68 bits per heavy atom. The van der Waals surface area contributed by atoms with Gasteiger partial charge in [0.1, 0.15) is 23.7 Å². The number of cyclic esters (lactones) is 1. The Kier molecular flexibility index (Phi) is 11.5. The second-order valence-electron chi connectivity index (χ2n) is 13.5. The highest BCUT2D eigenvalue weighted by atomic mass is 16.6. The topological polar surface area (TPSA) is 135 Å². The van der Waals surface area contributed by atoms with Crippen LogP contribution >= 0.6 is 0 Å². The summed E-state index contributed by atoms with van der Waals surface area (Å²) in [7, 11) is 1.52. The predicted molar refractivity (Wildman–Crippen MR) is 184 cm³/mol. The number of nitrogens with one attached hydrogen (secondary N) is 1. The summed E-state index contributed by atoms with van der Waals surface area (Å²) in [4.78, 5) is 60.3. The van der Waals surface area contributed by atoms with E-state index in [9.17, 15) is 24.3 Å². The zero-order valence-electron chi connectivity index (χ0n) is 28.5. The second kappa shape index (κ2) is 16.1. The highest BCUT2D eigenvalue weighted by molar-refractivity contribution is 5.99. The molecule has 2 fully saturated rings. The van der Waals surface area contributed by atoms with E-state index in [2.05, 4.69) is 5.32 Å². The molecule has 0 radical (unpaired) electrons. The predicted octanol–water partition coefficient (Wildman–Crippen LogP) is 3.48. The van der Waals surface area contributed by atoms with E-state index in [0.29, 0.717) is 44.5 Å². The number of amides is 3. The number of esters is 1. The largest absolute Gasteiger partial charge is 0.455 e. The molecule has 50 heavy (non-hydrogen) atoms. The van der Waals surface area contributed by atoms with Crippen LogP contribution in [0.4, 0.5) is 0 Å². The zero-order valence-corrected chi connectivity index (χ0v) is 28.5. The summed E-state index contributed by atoms with van der Waals surface area (Å²) in [5.41, 5.74) is 0.218. The van der Waals surface area contributed by atoms with Crippen molar-refractivity contribution in [2.75, 3.05) is 33.4 Å². The van der Waals surface area contributed by atoms with Gasteiger partial charge in [0, 0.05) is 39.8 Å². The number of nitrogens with zero attached hydrogens (tertiary/aromatic N) is 2.